The van der Waals surface area contributed by atoms with Crippen molar-refractivity contribution in [2.45, 2.75) is 84.5 Å². The van der Waals surface area contributed by atoms with E-state index in [4.69, 9.17) is 14.0 Å². The van der Waals surface area contributed by atoms with Crippen LogP contribution in [0.3, 0.4) is 0 Å². The van der Waals surface area contributed by atoms with Crippen LogP contribution in [0, 0.1) is 0 Å². The van der Waals surface area contributed by atoms with Crippen molar-refractivity contribution < 1.29 is 18.8 Å². The molecule has 0 bridgehead atoms. The summed E-state index contributed by atoms with van der Waals surface area (Å²) in [7, 11) is 0. The largest absolute Gasteiger partial charge is 0.444 e. The number of carbonyl (C=O) groups excluding carboxylic acids is 1. The summed E-state index contributed by atoms with van der Waals surface area (Å²) in [5.74, 6) is 1.20. The van der Waals surface area contributed by atoms with E-state index in [1.54, 1.807) is 4.90 Å². The number of piperidine rings is 1. The molecule has 1 aliphatic heterocycles. The van der Waals surface area contributed by atoms with Gasteiger partial charge >= 0.3 is 6.09 Å². The molecule has 0 spiro atoms. The highest BCUT2D eigenvalue weighted by Crippen LogP contribution is 2.30. The van der Waals surface area contributed by atoms with Crippen molar-refractivity contribution in [3.63, 3.8) is 0 Å². The van der Waals surface area contributed by atoms with Crippen LogP contribution in [0.2, 0.25) is 0 Å². The number of hydrogen-bond donors (Lipinski definition) is 0. The first-order valence-electron chi connectivity index (χ1n) is 9.20. The Morgan fingerprint density at radius 2 is 2.12 bits per heavy atom. The Hall–Kier alpha value is -1.63. The third-order valence-electron chi connectivity index (χ3n) is 4.32. The summed E-state index contributed by atoms with van der Waals surface area (Å²) < 4.78 is 16.9. The lowest BCUT2D eigenvalue weighted by molar-refractivity contribution is -0.107. The fourth-order valence-electron chi connectivity index (χ4n) is 2.98. The fraction of sp³-hybridized carbons (Fsp3) is 0.833. The molecule has 0 radical (unpaired) electrons. The first-order valence-corrected chi connectivity index (χ1v) is 9.20. The highest BCUT2D eigenvalue weighted by atomic mass is 16.6. The molecule has 1 aliphatic rings. The van der Waals surface area contributed by atoms with Crippen LogP contribution in [-0.4, -0.2) is 45.4 Å². The molecule has 7 heteroatoms. The van der Waals surface area contributed by atoms with E-state index in [-0.39, 0.29) is 12.7 Å². The summed E-state index contributed by atoms with van der Waals surface area (Å²) in [6.45, 7) is 11.3. The van der Waals surface area contributed by atoms with E-state index in [9.17, 15) is 4.79 Å². The number of nitrogens with zero attached hydrogens (tertiary/aromatic N) is 3. The lowest BCUT2D eigenvalue weighted by Gasteiger charge is -2.42. The highest BCUT2D eigenvalue weighted by molar-refractivity contribution is 5.68. The SMILES string of the molecule is CCCc1noc(COC2(CC)CCCN(C(=O)OC(C)(C)C)C2)n1. The Morgan fingerprint density at radius 1 is 1.36 bits per heavy atom. The Kier molecular flexibility index (Phi) is 6.43. The quantitative estimate of drug-likeness (QED) is 0.776. The molecule has 2 rings (SSSR count). The maximum atomic E-state index is 12.4. The zero-order valence-corrected chi connectivity index (χ0v) is 16.1. The minimum atomic E-state index is -0.496. The van der Waals surface area contributed by atoms with E-state index in [2.05, 4.69) is 24.0 Å². The van der Waals surface area contributed by atoms with Crippen LogP contribution in [0.15, 0.2) is 4.52 Å². The molecular weight excluding hydrogens is 322 g/mol. The van der Waals surface area contributed by atoms with Gasteiger partial charge in [0.1, 0.15) is 12.2 Å². The summed E-state index contributed by atoms with van der Waals surface area (Å²) in [5.41, 5.74) is -0.891. The smallest absolute Gasteiger partial charge is 0.410 e. The van der Waals surface area contributed by atoms with Gasteiger partial charge in [-0.25, -0.2) is 4.79 Å². The van der Waals surface area contributed by atoms with Crippen LogP contribution in [0.5, 0.6) is 0 Å². The first-order chi connectivity index (χ1) is 11.8. The lowest BCUT2D eigenvalue weighted by Crippen LogP contribution is -2.52. The standard InChI is InChI=1S/C18H31N3O4/c1-6-9-14-19-15(25-20-14)12-23-18(7-2)10-8-11-21(13-18)16(22)24-17(3,4)5/h6-13H2,1-5H3. The zero-order valence-electron chi connectivity index (χ0n) is 16.1. The Bertz CT molecular complexity index is 567. The van der Waals surface area contributed by atoms with Gasteiger partial charge in [0.25, 0.3) is 5.89 Å². The predicted molar refractivity (Wildman–Crippen MR) is 93.1 cm³/mol. The number of hydrogen-bond acceptors (Lipinski definition) is 6. The number of carbonyl (C=O) groups is 1. The van der Waals surface area contributed by atoms with Crippen molar-refractivity contribution in [1.82, 2.24) is 15.0 Å². The molecule has 25 heavy (non-hydrogen) atoms. The van der Waals surface area contributed by atoms with Gasteiger partial charge in [0.15, 0.2) is 5.82 Å². The Morgan fingerprint density at radius 3 is 2.76 bits per heavy atom. The van der Waals surface area contributed by atoms with Gasteiger partial charge in [0.2, 0.25) is 0 Å². The number of rotatable bonds is 6. The average Bonchev–Trinajstić information content (AvgIpc) is 3.00. The van der Waals surface area contributed by atoms with E-state index in [0.29, 0.717) is 24.8 Å². The van der Waals surface area contributed by atoms with Gasteiger partial charge in [-0.05, 0) is 46.5 Å². The molecular formula is C18H31N3O4. The van der Waals surface area contributed by atoms with Gasteiger partial charge in [-0.2, -0.15) is 4.98 Å². The lowest BCUT2D eigenvalue weighted by atomic mass is 9.90. The second kappa shape index (κ2) is 8.17. The zero-order chi connectivity index (χ0) is 18.5. The van der Waals surface area contributed by atoms with Gasteiger partial charge < -0.3 is 18.9 Å². The molecule has 0 aromatic carbocycles. The monoisotopic (exact) mass is 353 g/mol. The molecule has 1 aromatic rings. The summed E-state index contributed by atoms with van der Waals surface area (Å²) in [4.78, 5) is 18.5. The van der Waals surface area contributed by atoms with E-state index >= 15 is 0 Å². The van der Waals surface area contributed by atoms with Crippen LogP contribution in [0.4, 0.5) is 4.79 Å². The molecule has 7 nitrogen and oxygen atoms in total. The minimum Gasteiger partial charge on any atom is -0.444 e. The van der Waals surface area contributed by atoms with Gasteiger partial charge in [-0.1, -0.05) is 19.0 Å². The van der Waals surface area contributed by atoms with Crippen molar-refractivity contribution in [1.29, 1.82) is 0 Å². The van der Waals surface area contributed by atoms with E-state index in [1.807, 2.05) is 20.8 Å². The fourth-order valence-corrected chi connectivity index (χ4v) is 2.98. The third kappa shape index (κ3) is 5.70. The van der Waals surface area contributed by atoms with Gasteiger partial charge in [-0.3, -0.25) is 0 Å². The molecule has 1 atom stereocenters. The molecule has 1 saturated heterocycles. The second-order valence-electron chi connectivity index (χ2n) is 7.69. The Balaban J connectivity index is 1.96. The second-order valence-corrected chi connectivity index (χ2v) is 7.69. The maximum absolute atomic E-state index is 12.4. The van der Waals surface area contributed by atoms with Crippen molar-refractivity contribution in [3.05, 3.63) is 11.7 Å². The molecule has 1 fully saturated rings. The maximum Gasteiger partial charge on any atom is 0.410 e. The third-order valence-corrected chi connectivity index (χ3v) is 4.32. The molecule has 1 unspecified atom stereocenters. The van der Waals surface area contributed by atoms with Crippen LogP contribution in [0.1, 0.15) is 72.0 Å². The topological polar surface area (TPSA) is 77.7 Å². The highest BCUT2D eigenvalue weighted by Gasteiger charge is 2.38. The first kappa shape index (κ1) is 19.7. The summed E-state index contributed by atoms with van der Waals surface area (Å²) in [6, 6.07) is 0. The average molecular weight is 353 g/mol. The summed E-state index contributed by atoms with van der Waals surface area (Å²) in [6.07, 6.45) is 4.09. The number of amides is 1. The summed E-state index contributed by atoms with van der Waals surface area (Å²) in [5, 5.41) is 3.95. The molecule has 1 aromatic heterocycles. The van der Waals surface area contributed by atoms with Crippen LogP contribution < -0.4 is 0 Å². The van der Waals surface area contributed by atoms with E-state index in [1.165, 1.54) is 0 Å². The molecule has 0 aliphatic carbocycles. The van der Waals surface area contributed by atoms with Gasteiger partial charge in [0, 0.05) is 13.0 Å². The van der Waals surface area contributed by atoms with Gasteiger partial charge in [0.05, 0.1) is 12.1 Å². The van der Waals surface area contributed by atoms with Crippen molar-refractivity contribution in [2.24, 2.45) is 0 Å². The molecule has 0 N–H and O–H groups in total. The van der Waals surface area contributed by atoms with Crippen LogP contribution in [0.25, 0.3) is 0 Å². The number of aryl methyl sites for hydroxylation is 1. The Labute approximate surface area is 150 Å². The molecule has 2 heterocycles. The molecule has 1 amide bonds. The molecule has 0 saturated carbocycles. The van der Waals surface area contributed by atoms with Crippen molar-refractivity contribution in [3.8, 4) is 0 Å². The number of likely N-dealkylation sites (tertiary alicyclic amines) is 1. The summed E-state index contributed by atoms with van der Waals surface area (Å²) >= 11 is 0. The minimum absolute atomic E-state index is 0.271. The van der Waals surface area contributed by atoms with Crippen LogP contribution in [-0.2, 0) is 22.5 Å². The predicted octanol–water partition coefficient (Wildman–Crippen LogP) is 3.72. The van der Waals surface area contributed by atoms with Crippen molar-refractivity contribution >= 4 is 6.09 Å². The van der Waals surface area contributed by atoms with Crippen molar-refractivity contribution in [2.75, 3.05) is 13.1 Å². The van der Waals surface area contributed by atoms with E-state index in [0.717, 1.165) is 32.1 Å². The van der Waals surface area contributed by atoms with Gasteiger partial charge in [-0.15, -0.1) is 0 Å². The normalized spacial score (nSPS) is 21.4. The number of aromatic nitrogens is 2. The molecule has 142 valence electrons. The number of ether oxygens (including phenoxy) is 2. The van der Waals surface area contributed by atoms with Crippen LogP contribution >= 0.6 is 0 Å². The van der Waals surface area contributed by atoms with E-state index < -0.39 is 11.2 Å².